The van der Waals surface area contributed by atoms with Gasteiger partial charge in [-0.05, 0) is 18.9 Å². The molecule has 5 nitrogen and oxygen atoms in total. The second-order valence-electron chi connectivity index (χ2n) is 4.70. The molecule has 2 amide bonds. The van der Waals surface area contributed by atoms with Gasteiger partial charge in [0.05, 0.1) is 6.54 Å². The SMILES string of the molecule is NC(=O)CN(C(=O)c1ccnc(F)c1)C1CCCC1. The maximum Gasteiger partial charge on any atom is 0.254 e. The van der Waals surface area contributed by atoms with Crippen LogP contribution in [0.3, 0.4) is 0 Å². The summed E-state index contributed by atoms with van der Waals surface area (Å²) in [6.45, 7) is -0.132. The van der Waals surface area contributed by atoms with Crippen LogP contribution in [0, 0.1) is 5.95 Å². The first kappa shape index (κ1) is 13.5. The molecule has 0 bridgehead atoms. The van der Waals surface area contributed by atoms with Crippen LogP contribution in [0.4, 0.5) is 4.39 Å². The maximum atomic E-state index is 13.1. The van der Waals surface area contributed by atoms with Crippen LogP contribution in [-0.4, -0.2) is 34.3 Å². The quantitative estimate of drug-likeness (QED) is 0.828. The fourth-order valence-corrected chi connectivity index (χ4v) is 2.45. The molecule has 1 aromatic rings. The number of aromatic nitrogens is 1. The van der Waals surface area contributed by atoms with Crippen molar-refractivity contribution in [1.29, 1.82) is 0 Å². The monoisotopic (exact) mass is 265 g/mol. The van der Waals surface area contributed by atoms with E-state index in [1.54, 1.807) is 0 Å². The predicted molar refractivity (Wildman–Crippen MR) is 66.7 cm³/mol. The number of carbonyl (C=O) groups excluding carboxylic acids is 2. The van der Waals surface area contributed by atoms with Crippen molar-refractivity contribution in [1.82, 2.24) is 9.88 Å². The second kappa shape index (κ2) is 5.77. The van der Waals surface area contributed by atoms with Crippen molar-refractivity contribution in [3.05, 3.63) is 29.8 Å². The Kier molecular flexibility index (Phi) is 4.09. The number of pyridine rings is 1. The van der Waals surface area contributed by atoms with Gasteiger partial charge in [0.1, 0.15) is 0 Å². The lowest BCUT2D eigenvalue weighted by Crippen LogP contribution is -2.44. The Morgan fingerprint density at radius 3 is 2.68 bits per heavy atom. The van der Waals surface area contributed by atoms with Crippen molar-refractivity contribution < 1.29 is 14.0 Å². The summed E-state index contributed by atoms with van der Waals surface area (Å²) < 4.78 is 13.1. The minimum absolute atomic E-state index is 0.0104. The molecule has 1 aliphatic carbocycles. The van der Waals surface area contributed by atoms with Crippen LogP contribution in [-0.2, 0) is 4.79 Å². The van der Waals surface area contributed by atoms with E-state index >= 15 is 0 Å². The number of halogens is 1. The van der Waals surface area contributed by atoms with Crippen LogP contribution >= 0.6 is 0 Å². The summed E-state index contributed by atoms with van der Waals surface area (Å²) in [5.74, 6) is -1.64. The lowest BCUT2D eigenvalue weighted by atomic mass is 10.1. The zero-order valence-corrected chi connectivity index (χ0v) is 10.5. The summed E-state index contributed by atoms with van der Waals surface area (Å²) in [5.41, 5.74) is 5.38. The highest BCUT2D eigenvalue weighted by molar-refractivity contribution is 5.96. The summed E-state index contributed by atoms with van der Waals surface area (Å²) in [6.07, 6.45) is 4.99. The van der Waals surface area contributed by atoms with E-state index in [0.29, 0.717) is 0 Å². The molecule has 0 unspecified atom stereocenters. The minimum atomic E-state index is -0.712. The molecule has 6 heteroatoms. The third-order valence-electron chi connectivity index (χ3n) is 3.33. The van der Waals surface area contributed by atoms with Gasteiger partial charge >= 0.3 is 0 Å². The Balaban J connectivity index is 2.21. The Morgan fingerprint density at radius 2 is 2.11 bits per heavy atom. The Labute approximate surface area is 110 Å². The van der Waals surface area contributed by atoms with E-state index in [-0.39, 0.29) is 24.1 Å². The van der Waals surface area contributed by atoms with Crippen molar-refractivity contribution in [2.45, 2.75) is 31.7 Å². The van der Waals surface area contributed by atoms with Crippen molar-refractivity contribution in [3.63, 3.8) is 0 Å². The van der Waals surface area contributed by atoms with E-state index in [1.807, 2.05) is 0 Å². The number of carbonyl (C=O) groups is 2. The van der Waals surface area contributed by atoms with Crippen LogP contribution in [0.25, 0.3) is 0 Å². The van der Waals surface area contributed by atoms with Gasteiger partial charge in [0.15, 0.2) is 0 Å². The molecule has 0 aliphatic heterocycles. The Bertz CT molecular complexity index is 487. The van der Waals surface area contributed by atoms with Crippen molar-refractivity contribution >= 4 is 11.8 Å². The number of primary amides is 1. The molecule has 0 aromatic carbocycles. The Morgan fingerprint density at radius 1 is 1.42 bits per heavy atom. The molecular weight excluding hydrogens is 249 g/mol. The van der Waals surface area contributed by atoms with E-state index in [0.717, 1.165) is 31.7 Å². The molecule has 2 rings (SSSR count). The molecule has 1 heterocycles. The molecule has 1 aliphatic rings. The van der Waals surface area contributed by atoms with Gasteiger partial charge in [0.25, 0.3) is 5.91 Å². The normalized spacial score (nSPS) is 15.4. The fraction of sp³-hybridized carbons (Fsp3) is 0.462. The first-order valence-corrected chi connectivity index (χ1v) is 6.29. The van der Waals surface area contributed by atoms with E-state index in [1.165, 1.54) is 17.2 Å². The number of hydrogen-bond donors (Lipinski definition) is 1. The Hall–Kier alpha value is -1.98. The van der Waals surface area contributed by atoms with Gasteiger partial charge in [-0.1, -0.05) is 12.8 Å². The molecule has 0 spiro atoms. The summed E-state index contributed by atoms with van der Waals surface area (Å²) in [4.78, 5) is 28.3. The first-order valence-electron chi connectivity index (χ1n) is 6.29. The van der Waals surface area contributed by atoms with Crippen molar-refractivity contribution in [2.24, 2.45) is 5.73 Å². The molecule has 2 N–H and O–H groups in total. The van der Waals surface area contributed by atoms with Gasteiger partial charge in [-0.3, -0.25) is 9.59 Å². The summed E-state index contributed by atoms with van der Waals surface area (Å²) in [7, 11) is 0. The average Bonchev–Trinajstić information content (AvgIpc) is 2.88. The zero-order chi connectivity index (χ0) is 13.8. The fourth-order valence-electron chi connectivity index (χ4n) is 2.45. The molecule has 102 valence electrons. The second-order valence-corrected chi connectivity index (χ2v) is 4.70. The molecule has 1 saturated carbocycles. The third kappa shape index (κ3) is 3.27. The number of rotatable bonds is 4. The molecule has 0 saturated heterocycles. The minimum Gasteiger partial charge on any atom is -0.368 e. The highest BCUT2D eigenvalue weighted by Crippen LogP contribution is 2.24. The van der Waals surface area contributed by atoms with Gasteiger partial charge in [-0.15, -0.1) is 0 Å². The van der Waals surface area contributed by atoms with E-state index < -0.39 is 11.9 Å². The first-order chi connectivity index (χ1) is 9.08. The summed E-state index contributed by atoms with van der Waals surface area (Å²) >= 11 is 0. The van der Waals surface area contributed by atoms with Crippen LogP contribution in [0.5, 0.6) is 0 Å². The van der Waals surface area contributed by atoms with E-state index in [2.05, 4.69) is 4.98 Å². The van der Waals surface area contributed by atoms with Crippen LogP contribution in [0.2, 0.25) is 0 Å². The molecule has 19 heavy (non-hydrogen) atoms. The van der Waals surface area contributed by atoms with Gasteiger partial charge in [0.2, 0.25) is 11.9 Å². The molecule has 0 radical (unpaired) electrons. The lowest BCUT2D eigenvalue weighted by molar-refractivity contribution is -0.119. The zero-order valence-electron chi connectivity index (χ0n) is 10.5. The van der Waals surface area contributed by atoms with Crippen molar-refractivity contribution in [3.8, 4) is 0 Å². The van der Waals surface area contributed by atoms with Gasteiger partial charge in [0, 0.05) is 23.9 Å². The molecule has 1 aromatic heterocycles. The predicted octanol–water partition coefficient (Wildman–Crippen LogP) is 1.09. The highest BCUT2D eigenvalue weighted by atomic mass is 19.1. The van der Waals surface area contributed by atoms with Crippen LogP contribution in [0.15, 0.2) is 18.3 Å². The van der Waals surface area contributed by atoms with Gasteiger partial charge in [-0.2, -0.15) is 4.39 Å². The maximum absolute atomic E-state index is 13.1. The number of amides is 2. The smallest absolute Gasteiger partial charge is 0.254 e. The summed E-state index contributed by atoms with van der Waals surface area (Å²) in [5, 5.41) is 0. The van der Waals surface area contributed by atoms with Gasteiger partial charge in [-0.25, -0.2) is 4.98 Å². The van der Waals surface area contributed by atoms with Crippen LogP contribution < -0.4 is 5.73 Å². The highest BCUT2D eigenvalue weighted by Gasteiger charge is 2.28. The third-order valence-corrected chi connectivity index (χ3v) is 3.33. The lowest BCUT2D eigenvalue weighted by Gasteiger charge is -2.27. The topological polar surface area (TPSA) is 76.3 Å². The van der Waals surface area contributed by atoms with Gasteiger partial charge < -0.3 is 10.6 Å². The average molecular weight is 265 g/mol. The molecular formula is C13H16FN3O2. The largest absolute Gasteiger partial charge is 0.368 e. The summed E-state index contributed by atoms with van der Waals surface area (Å²) in [6, 6.07) is 2.52. The van der Waals surface area contributed by atoms with Crippen molar-refractivity contribution in [2.75, 3.05) is 6.54 Å². The molecule has 0 atom stereocenters. The number of hydrogen-bond acceptors (Lipinski definition) is 3. The molecule has 1 fully saturated rings. The van der Waals surface area contributed by atoms with E-state index in [4.69, 9.17) is 5.73 Å². The van der Waals surface area contributed by atoms with E-state index in [9.17, 15) is 14.0 Å². The standard InChI is InChI=1S/C13H16FN3O2/c14-11-7-9(5-6-16-11)13(19)17(8-12(15)18)10-3-1-2-4-10/h5-7,10H,1-4,8H2,(H2,15,18). The number of nitrogens with zero attached hydrogens (tertiary/aromatic N) is 2. The number of nitrogens with two attached hydrogens (primary N) is 1. The van der Waals surface area contributed by atoms with Crippen LogP contribution in [0.1, 0.15) is 36.0 Å².